The van der Waals surface area contributed by atoms with Crippen LogP contribution >= 0.6 is 0 Å². The van der Waals surface area contributed by atoms with Gasteiger partial charge in [0.05, 0.1) is 6.04 Å². The first-order valence-corrected chi connectivity index (χ1v) is 6.78. The van der Waals surface area contributed by atoms with Crippen LogP contribution in [0.4, 0.5) is 0 Å². The van der Waals surface area contributed by atoms with Gasteiger partial charge in [-0.15, -0.1) is 0 Å². The molecular formula is C13H22N2O3. The lowest BCUT2D eigenvalue weighted by molar-refractivity contribution is -0.153. The predicted octanol–water partition coefficient (Wildman–Crippen LogP) is 0.825. The third-order valence-corrected chi connectivity index (χ3v) is 4.03. The average Bonchev–Trinajstić information content (AvgIpc) is 3.11. The van der Waals surface area contributed by atoms with Gasteiger partial charge in [-0.1, -0.05) is 19.8 Å². The van der Waals surface area contributed by atoms with Gasteiger partial charge in [-0.3, -0.25) is 4.79 Å². The van der Waals surface area contributed by atoms with Gasteiger partial charge in [-0.25, -0.2) is 4.79 Å². The van der Waals surface area contributed by atoms with E-state index in [0.717, 1.165) is 19.3 Å². The Hall–Kier alpha value is -1.10. The molecule has 3 atom stereocenters. The van der Waals surface area contributed by atoms with Crippen LogP contribution in [0.15, 0.2) is 0 Å². The Balaban J connectivity index is 1.99. The maximum Gasteiger partial charge on any atom is 0.326 e. The van der Waals surface area contributed by atoms with Gasteiger partial charge in [-0.2, -0.15) is 0 Å². The Morgan fingerprint density at radius 1 is 1.39 bits per heavy atom. The topological polar surface area (TPSA) is 83.6 Å². The van der Waals surface area contributed by atoms with Gasteiger partial charge in [0.1, 0.15) is 6.04 Å². The second-order valence-electron chi connectivity index (χ2n) is 5.80. The molecule has 1 saturated heterocycles. The molecule has 1 heterocycles. The minimum Gasteiger partial charge on any atom is -0.480 e. The molecule has 0 aromatic rings. The van der Waals surface area contributed by atoms with Crippen molar-refractivity contribution in [2.24, 2.45) is 17.6 Å². The predicted molar refractivity (Wildman–Crippen MR) is 66.9 cm³/mol. The number of aliphatic carboxylic acids is 1. The molecule has 5 nitrogen and oxygen atoms in total. The smallest absolute Gasteiger partial charge is 0.326 e. The molecule has 0 aromatic heterocycles. The van der Waals surface area contributed by atoms with E-state index in [1.807, 2.05) is 6.92 Å². The third kappa shape index (κ3) is 3.02. The molecule has 0 bridgehead atoms. The van der Waals surface area contributed by atoms with Crippen LogP contribution in [-0.4, -0.2) is 40.5 Å². The van der Waals surface area contributed by atoms with E-state index in [4.69, 9.17) is 5.73 Å². The summed E-state index contributed by atoms with van der Waals surface area (Å²) in [6, 6.07) is -1.21. The van der Waals surface area contributed by atoms with Crippen molar-refractivity contribution >= 4 is 11.9 Å². The number of amides is 1. The maximum absolute atomic E-state index is 12.2. The number of carboxylic acids is 1. The number of nitrogens with zero attached hydrogens (tertiary/aromatic N) is 1. The Morgan fingerprint density at radius 2 is 2.06 bits per heavy atom. The van der Waals surface area contributed by atoms with E-state index in [9.17, 15) is 14.7 Å². The van der Waals surface area contributed by atoms with Crippen molar-refractivity contribution in [3.8, 4) is 0 Å². The van der Waals surface area contributed by atoms with E-state index in [0.29, 0.717) is 31.2 Å². The van der Waals surface area contributed by atoms with E-state index in [-0.39, 0.29) is 5.91 Å². The van der Waals surface area contributed by atoms with Crippen molar-refractivity contribution in [1.29, 1.82) is 0 Å². The summed E-state index contributed by atoms with van der Waals surface area (Å²) in [5.41, 5.74) is 5.90. The van der Waals surface area contributed by atoms with Crippen LogP contribution in [0.1, 0.15) is 39.0 Å². The van der Waals surface area contributed by atoms with Crippen molar-refractivity contribution in [2.75, 3.05) is 6.54 Å². The highest BCUT2D eigenvalue weighted by molar-refractivity contribution is 5.87. The molecular weight excluding hydrogens is 232 g/mol. The lowest BCUT2D eigenvalue weighted by Crippen LogP contribution is -2.54. The molecule has 0 spiro atoms. The quantitative estimate of drug-likeness (QED) is 0.778. The number of hydrogen-bond acceptors (Lipinski definition) is 3. The minimum atomic E-state index is -0.909. The Bertz CT molecular complexity index is 341. The van der Waals surface area contributed by atoms with Gasteiger partial charge in [0.15, 0.2) is 0 Å². The summed E-state index contributed by atoms with van der Waals surface area (Å²) in [4.78, 5) is 24.9. The number of hydrogen-bond donors (Lipinski definition) is 2. The van der Waals surface area contributed by atoms with Gasteiger partial charge in [0.2, 0.25) is 5.91 Å². The molecule has 1 aliphatic heterocycles. The van der Waals surface area contributed by atoms with E-state index >= 15 is 0 Å². The maximum atomic E-state index is 12.2. The Labute approximate surface area is 107 Å². The highest BCUT2D eigenvalue weighted by Crippen LogP contribution is 2.34. The Morgan fingerprint density at radius 3 is 2.61 bits per heavy atom. The zero-order valence-corrected chi connectivity index (χ0v) is 10.8. The number of likely N-dealkylation sites (tertiary alicyclic amines) is 1. The highest BCUT2D eigenvalue weighted by atomic mass is 16.4. The first-order chi connectivity index (χ1) is 8.49. The number of carbonyl (C=O) groups is 2. The van der Waals surface area contributed by atoms with Gasteiger partial charge in [0.25, 0.3) is 0 Å². The van der Waals surface area contributed by atoms with Crippen molar-refractivity contribution in [3.05, 3.63) is 0 Å². The van der Waals surface area contributed by atoms with Crippen molar-refractivity contribution < 1.29 is 14.7 Å². The first-order valence-electron chi connectivity index (χ1n) is 6.78. The van der Waals surface area contributed by atoms with E-state index in [1.165, 1.54) is 4.90 Å². The average molecular weight is 254 g/mol. The summed E-state index contributed by atoms with van der Waals surface area (Å²) in [5.74, 6) is -0.152. The van der Waals surface area contributed by atoms with Crippen LogP contribution in [0.5, 0.6) is 0 Å². The van der Waals surface area contributed by atoms with Crippen LogP contribution < -0.4 is 5.73 Å². The van der Waals surface area contributed by atoms with Crippen LogP contribution in [0.2, 0.25) is 0 Å². The SMILES string of the molecule is CC1CCN(C(=O)[C@@H](N)CC2CC2)C(C(=O)O)C1. The molecule has 5 heteroatoms. The summed E-state index contributed by atoms with van der Waals surface area (Å²) in [6.07, 6.45) is 4.42. The molecule has 18 heavy (non-hydrogen) atoms. The molecule has 3 N–H and O–H groups in total. The van der Waals surface area contributed by atoms with Crippen LogP contribution in [0, 0.1) is 11.8 Å². The Kier molecular flexibility index (Phi) is 3.90. The summed E-state index contributed by atoms with van der Waals surface area (Å²) in [5, 5.41) is 9.22. The molecule has 2 fully saturated rings. The molecule has 0 aromatic carbocycles. The first kappa shape index (κ1) is 13.3. The molecule has 1 amide bonds. The summed E-state index contributed by atoms with van der Waals surface area (Å²) >= 11 is 0. The number of piperidine rings is 1. The van der Waals surface area contributed by atoms with Crippen LogP contribution in [0.3, 0.4) is 0 Å². The zero-order valence-electron chi connectivity index (χ0n) is 10.8. The number of carboxylic acid groups (broad SMARTS) is 1. The summed E-state index contributed by atoms with van der Waals surface area (Å²) in [6.45, 7) is 2.55. The molecule has 2 unspecified atom stereocenters. The molecule has 102 valence electrons. The second kappa shape index (κ2) is 5.26. The van der Waals surface area contributed by atoms with E-state index in [2.05, 4.69) is 0 Å². The van der Waals surface area contributed by atoms with Gasteiger partial charge >= 0.3 is 5.97 Å². The van der Waals surface area contributed by atoms with Crippen molar-refractivity contribution in [3.63, 3.8) is 0 Å². The van der Waals surface area contributed by atoms with E-state index in [1.54, 1.807) is 0 Å². The van der Waals surface area contributed by atoms with E-state index < -0.39 is 18.1 Å². The molecule has 2 aliphatic rings. The largest absolute Gasteiger partial charge is 0.480 e. The fourth-order valence-electron chi connectivity index (χ4n) is 2.67. The second-order valence-corrected chi connectivity index (χ2v) is 5.80. The number of rotatable bonds is 4. The van der Waals surface area contributed by atoms with Gasteiger partial charge in [-0.05, 0) is 31.1 Å². The standard InChI is InChI=1S/C13H22N2O3/c1-8-4-5-15(11(6-8)13(17)18)12(16)10(14)7-9-2-3-9/h8-11H,2-7,14H2,1H3,(H,17,18)/t8?,10-,11?/m0/s1. The number of nitrogens with two attached hydrogens (primary N) is 1. The highest BCUT2D eigenvalue weighted by Gasteiger charge is 2.37. The number of carbonyl (C=O) groups excluding carboxylic acids is 1. The van der Waals surface area contributed by atoms with Crippen molar-refractivity contribution in [1.82, 2.24) is 4.90 Å². The van der Waals surface area contributed by atoms with Crippen LogP contribution in [0.25, 0.3) is 0 Å². The van der Waals surface area contributed by atoms with Gasteiger partial charge < -0.3 is 15.7 Å². The molecule has 2 rings (SSSR count). The lowest BCUT2D eigenvalue weighted by atomic mass is 9.91. The molecule has 0 radical (unpaired) electrons. The zero-order chi connectivity index (χ0) is 13.3. The van der Waals surface area contributed by atoms with Crippen LogP contribution in [-0.2, 0) is 9.59 Å². The monoisotopic (exact) mass is 254 g/mol. The molecule has 1 saturated carbocycles. The fraction of sp³-hybridized carbons (Fsp3) is 0.846. The lowest BCUT2D eigenvalue weighted by Gasteiger charge is -2.37. The normalized spacial score (nSPS) is 30.0. The molecule has 1 aliphatic carbocycles. The minimum absolute atomic E-state index is 0.179. The summed E-state index contributed by atoms with van der Waals surface area (Å²) < 4.78 is 0. The third-order valence-electron chi connectivity index (χ3n) is 4.03. The van der Waals surface area contributed by atoms with Crippen molar-refractivity contribution in [2.45, 2.75) is 51.1 Å². The summed E-state index contributed by atoms with van der Waals surface area (Å²) in [7, 11) is 0. The fourth-order valence-corrected chi connectivity index (χ4v) is 2.67. The van der Waals surface area contributed by atoms with Gasteiger partial charge in [0, 0.05) is 6.54 Å².